The van der Waals surface area contributed by atoms with Crippen molar-refractivity contribution in [1.82, 2.24) is 4.31 Å². The highest BCUT2D eigenvalue weighted by Gasteiger charge is 2.32. The highest BCUT2D eigenvalue weighted by atomic mass is 32.2. The van der Waals surface area contributed by atoms with Crippen LogP contribution in [-0.4, -0.2) is 38.9 Å². The Kier molecular flexibility index (Phi) is 5.01. The van der Waals surface area contributed by atoms with Crippen LogP contribution in [0.25, 0.3) is 0 Å². The summed E-state index contributed by atoms with van der Waals surface area (Å²) in [6, 6.07) is 9.24. The fourth-order valence-corrected chi connectivity index (χ4v) is 4.39. The normalized spacial score (nSPS) is 20.8. The summed E-state index contributed by atoms with van der Waals surface area (Å²) in [4.78, 5) is 0. The van der Waals surface area contributed by atoms with Gasteiger partial charge < -0.3 is 5.73 Å². The predicted octanol–water partition coefficient (Wildman–Crippen LogP) is 1.43. The van der Waals surface area contributed by atoms with Crippen LogP contribution < -0.4 is 10.0 Å². The quantitative estimate of drug-likeness (QED) is 0.894. The monoisotopic (exact) mass is 297 g/mol. The number of benzene rings is 1. The number of nitrogens with two attached hydrogens (primary N) is 1. The summed E-state index contributed by atoms with van der Waals surface area (Å²) in [7, 11) is -3.46. The molecule has 5 nitrogen and oxygen atoms in total. The van der Waals surface area contributed by atoms with Crippen molar-refractivity contribution in [1.29, 1.82) is 0 Å². The van der Waals surface area contributed by atoms with E-state index in [0.717, 1.165) is 12.8 Å². The molecule has 20 heavy (non-hydrogen) atoms. The molecule has 0 saturated carbocycles. The molecule has 0 aromatic heterocycles. The van der Waals surface area contributed by atoms with Crippen LogP contribution >= 0.6 is 0 Å². The third-order valence-corrected chi connectivity index (χ3v) is 5.76. The van der Waals surface area contributed by atoms with E-state index < -0.39 is 10.2 Å². The van der Waals surface area contributed by atoms with Gasteiger partial charge in [-0.2, -0.15) is 12.7 Å². The molecule has 1 aromatic carbocycles. The van der Waals surface area contributed by atoms with Gasteiger partial charge >= 0.3 is 10.2 Å². The van der Waals surface area contributed by atoms with Crippen LogP contribution in [0.15, 0.2) is 30.3 Å². The molecule has 1 aliphatic heterocycles. The fraction of sp³-hybridized carbons (Fsp3) is 0.571. The molecule has 0 radical (unpaired) electrons. The van der Waals surface area contributed by atoms with E-state index in [-0.39, 0.29) is 5.92 Å². The van der Waals surface area contributed by atoms with Gasteiger partial charge in [0.05, 0.1) is 5.69 Å². The lowest BCUT2D eigenvalue weighted by atomic mass is 10.0. The Labute approximate surface area is 121 Å². The first-order valence-electron chi connectivity index (χ1n) is 7.12. The second-order valence-electron chi connectivity index (χ2n) is 5.11. The zero-order valence-electron chi connectivity index (χ0n) is 11.9. The Hall–Kier alpha value is -1.11. The molecule has 2 rings (SSSR count). The Morgan fingerprint density at radius 1 is 1.35 bits per heavy atom. The molecule has 1 heterocycles. The topological polar surface area (TPSA) is 66.6 Å². The van der Waals surface area contributed by atoms with Crippen molar-refractivity contribution in [3.05, 3.63) is 30.3 Å². The van der Waals surface area contributed by atoms with Gasteiger partial charge in [0, 0.05) is 19.6 Å². The average Bonchev–Trinajstić information content (AvgIpc) is 2.49. The van der Waals surface area contributed by atoms with Crippen molar-refractivity contribution < 1.29 is 8.42 Å². The van der Waals surface area contributed by atoms with Gasteiger partial charge in [-0.15, -0.1) is 0 Å². The summed E-state index contributed by atoms with van der Waals surface area (Å²) >= 11 is 0. The largest absolute Gasteiger partial charge is 0.330 e. The standard InChI is InChI=1S/C14H23N3O2S/c1-2-17(14-8-4-3-5-9-14)20(18,19)16-10-6-7-13(11-15)12-16/h3-5,8-9,13H,2,6-7,10-12,15H2,1H3. The number of hydrogen-bond donors (Lipinski definition) is 1. The van der Waals surface area contributed by atoms with Crippen molar-refractivity contribution in [2.75, 3.05) is 30.5 Å². The molecular weight excluding hydrogens is 274 g/mol. The summed E-state index contributed by atoms with van der Waals surface area (Å²) in [5, 5.41) is 0. The van der Waals surface area contributed by atoms with Gasteiger partial charge in [0.2, 0.25) is 0 Å². The lowest BCUT2D eigenvalue weighted by Crippen LogP contribution is -2.49. The minimum absolute atomic E-state index is 0.271. The van der Waals surface area contributed by atoms with Gasteiger partial charge in [-0.05, 0) is 44.4 Å². The zero-order valence-corrected chi connectivity index (χ0v) is 12.7. The SMILES string of the molecule is CCN(c1ccccc1)S(=O)(=O)N1CCCC(CN)C1. The van der Waals surface area contributed by atoms with E-state index in [0.29, 0.717) is 31.9 Å². The van der Waals surface area contributed by atoms with E-state index in [2.05, 4.69) is 0 Å². The van der Waals surface area contributed by atoms with Crippen molar-refractivity contribution in [2.45, 2.75) is 19.8 Å². The fourth-order valence-electron chi connectivity index (χ4n) is 2.64. The summed E-state index contributed by atoms with van der Waals surface area (Å²) in [6.07, 6.45) is 1.90. The Morgan fingerprint density at radius 3 is 2.65 bits per heavy atom. The van der Waals surface area contributed by atoms with Crippen LogP contribution in [0.1, 0.15) is 19.8 Å². The molecule has 1 aliphatic rings. The van der Waals surface area contributed by atoms with Gasteiger partial charge in [-0.1, -0.05) is 18.2 Å². The van der Waals surface area contributed by atoms with Crippen LogP contribution in [0.2, 0.25) is 0 Å². The van der Waals surface area contributed by atoms with Gasteiger partial charge in [0.25, 0.3) is 0 Å². The molecular formula is C14H23N3O2S. The summed E-state index contributed by atoms with van der Waals surface area (Å²) in [5.74, 6) is 0.271. The van der Waals surface area contributed by atoms with Crippen molar-refractivity contribution >= 4 is 15.9 Å². The third kappa shape index (κ3) is 3.13. The van der Waals surface area contributed by atoms with Crippen molar-refractivity contribution in [3.8, 4) is 0 Å². The van der Waals surface area contributed by atoms with Crippen LogP contribution in [0.3, 0.4) is 0 Å². The minimum Gasteiger partial charge on any atom is -0.330 e. The van der Waals surface area contributed by atoms with E-state index in [1.165, 1.54) is 4.31 Å². The first kappa shape index (κ1) is 15.3. The van der Waals surface area contributed by atoms with Gasteiger partial charge in [0.15, 0.2) is 0 Å². The first-order chi connectivity index (χ1) is 9.59. The molecule has 1 atom stereocenters. The highest BCUT2D eigenvalue weighted by Crippen LogP contribution is 2.24. The van der Waals surface area contributed by atoms with E-state index in [9.17, 15) is 8.42 Å². The van der Waals surface area contributed by atoms with Crippen molar-refractivity contribution in [3.63, 3.8) is 0 Å². The Bertz CT molecular complexity index is 518. The lowest BCUT2D eigenvalue weighted by molar-refractivity contribution is 0.271. The molecule has 0 amide bonds. The zero-order chi connectivity index (χ0) is 14.6. The van der Waals surface area contributed by atoms with E-state index in [4.69, 9.17) is 5.73 Å². The second-order valence-corrected chi connectivity index (χ2v) is 6.96. The maximum atomic E-state index is 12.8. The molecule has 0 bridgehead atoms. The molecule has 0 aliphatic carbocycles. The maximum Gasteiger partial charge on any atom is 0.304 e. The number of anilines is 1. The summed E-state index contributed by atoms with van der Waals surface area (Å²) in [6.45, 7) is 3.94. The second kappa shape index (κ2) is 6.56. The smallest absolute Gasteiger partial charge is 0.304 e. The third-order valence-electron chi connectivity index (χ3n) is 3.75. The Balaban J connectivity index is 2.23. The summed E-state index contributed by atoms with van der Waals surface area (Å²) in [5.41, 5.74) is 6.41. The van der Waals surface area contributed by atoms with Gasteiger partial charge in [-0.3, -0.25) is 4.31 Å². The minimum atomic E-state index is -3.46. The lowest BCUT2D eigenvalue weighted by Gasteiger charge is -2.35. The number of rotatable bonds is 5. The van der Waals surface area contributed by atoms with Crippen LogP contribution in [0, 0.1) is 5.92 Å². The molecule has 6 heteroatoms. The van der Waals surface area contributed by atoms with Gasteiger partial charge in [0.1, 0.15) is 0 Å². The average molecular weight is 297 g/mol. The highest BCUT2D eigenvalue weighted by molar-refractivity contribution is 7.90. The van der Waals surface area contributed by atoms with E-state index in [1.807, 2.05) is 37.3 Å². The number of nitrogens with zero attached hydrogens (tertiary/aromatic N) is 2. The van der Waals surface area contributed by atoms with Crippen LogP contribution in [0.5, 0.6) is 0 Å². The Morgan fingerprint density at radius 2 is 2.05 bits per heavy atom. The van der Waals surface area contributed by atoms with E-state index in [1.54, 1.807) is 4.31 Å². The van der Waals surface area contributed by atoms with Gasteiger partial charge in [-0.25, -0.2) is 0 Å². The van der Waals surface area contributed by atoms with E-state index >= 15 is 0 Å². The number of piperidine rings is 1. The predicted molar refractivity (Wildman–Crippen MR) is 81.7 cm³/mol. The molecule has 1 fully saturated rings. The van der Waals surface area contributed by atoms with Crippen LogP contribution in [0.4, 0.5) is 5.69 Å². The number of hydrogen-bond acceptors (Lipinski definition) is 3. The maximum absolute atomic E-state index is 12.8. The van der Waals surface area contributed by atoms with Crippen molar-refractivity contribution in [2.24, 2.45) is 11.7 Å². The van der Waals surface area contributed by atoms with Crippen LogP contribution in [-0.2, 0) is 10.2 Å². The molecule has 2 N–H and O–H groups in total. The first-order valence-corrected chi connectivity index (χ1v) is 8.52. The number of para-hydroxylation sites is 1. The molecule has 0 spiro atoms. The molecule has 1 saturated heterocycles. The molecule has 1 unspecified atom stereocenters. The molecule has 1 aromatic rings. The summed E-state index contributed by atoms with van der Waals surface area (Å²) < 4.78 is 28.6. The molecule has 112 valence electrons.